The standard InChI is InChI=1S/C17H22N2O2S/c1-4-9-21-15-8-6-5-7-13(15)17-19-14(11-22-17)16(20)18-10-12(2)3/h5-8,11-12H,4,9-10H2,1-3H3,(H,18,20). The fourth-order valence-corrected chi connectivity index (χ4v) is 2.70. The molecule has 0 aliphatic heterocycles. The van der Waals surface area contributed by atoms with E-state index < -0.39 is 0 Å². The van der Waals surface area contributed by atoms with Gasteiger partial charge in [-0.05, 0) is 24.5 Å². The summed E-state index contributed by atoms with van der Waals surface area (Å²) in [6.07, 6.45) is 0.953. The maximum absolute atomic E-state index is 12.1. The molecule has 4 nitrogen and oxygen atoms in total. The molecule has 1 amide bonds. The predicted molar refractivity (Wildman–Crippen MR) is 90.5 cm³/mol. The number of hydrogen-bond acceptors (Lipinski definition) is 4. The fourth-order valence-electron chi connectivity index (χ4n) is 1.87. The summed E-state index contributed by atoms with van der Waals surface area (Å²) in [6.45, 7) is 7.53. The molecule has 22 heavy (non-hydrogen) atoms. The lowest BCUT2D eigenvalue weighted by atomic mass is 10.2. The summed E-state index contributed by atoms with van der Waals surface area (Å²) in [6, 6.07) is 7.80. The number of ether oxygens (including phenoxy) is 1. The lowest BCUT2D eigenvalue weighted by Gasteiger charge is -2.08. The first-order chi connectivity index (χ1) is 10.6. The molecule has 0 spiro atoms. The quantitative estimate of drug-likeness (QED) is 0.840. The molecule has 2 aromatic rings. The Kier molecular flexibility index (Phi) is 5.95. The highest BCUT2D eigenvalue weighted by Crippen LogP contribution is 2.32. The molecule has 118 valence electrons. The largest absolute Gasteiger partial charge is 0.493 e. The van der Waals surface area contributed by atoms with Gasteiger partial charge < -0.3 is 10.1 Å². The molecule has 0 aliphatic carbocycles. The molecule has 2 rings (SSSR count). The first kappa shape index (κ1) is 16.5. The van der Waals surface area contributed by atoms with Crippen molar-refractivity contribution in [1.82, 2.24) is 10.3 Å². The molecule has 0 unspecified atom stereocenters. The minimum absolute atomic E-state index is 0.122. The normalized spacial score (nSPS) is 10.7. The third-order valence-electron chi connectivity index (χ3n) is 2.99. The molecule has 1 N–H and O–H groups in total. The van der Waals surface area contributed by atoms with Crippen molar-refractivity contribution < 1.29 is 9.53 Å². The van der Waals surface area contributed by atoms with E-state index in [4.69, 9.17) is 4.74 Å². The number of nitrogens with zero attached hydrogens (tertiary/aromatic N) is 1. The van der Waals surface area contributed by atoms with Crippen LogP contribution in [-0.4, -0.2) is 24.0 Å². The zero-order chi connectivity index (χ0) is 15.9. The Morgan fingerprint density at radius 1 is 1.36 bits per heavy atom. The third kappa shape index (κ3) is 4.31. The number of carbonyl (C=O) groups is 1. The highest BCUT2D eigenvalue weighted by atomic mass is 32.1. The molecule has 0 atom stereocenters. The summed E-state index contributed by atoms with van der Waals surface area (Å²) in [4.78, 5) is 16.5. The van der Waals surface area contributed by atoms with Crippen molar-refractivity contribution in [3.8, 4) is 16.3 Å². The molecule has 0 aliphatic rings. The van der Waals surface area contributed by atoms with Gasteiger partial charge in [0, 0.05) is 11.9 Å². The summed E-state index contributed by atoms with van der Waals surface area (Å²) in [7, 11) is 0. The molecular formula is C17H22N2O2S. The van der Waals surface area contributed by atoms with Crippen molar-refractivity contribution in [1.29, 1.82) is 0 Å². The van der Waals surface area contributed by atoms with Gasteiger partial charge in [0.2, 0.25) is 0 Å². The van der Waals surface area contributed by atoms with E-state index in [1.807, 2.05) is 24.3 Å². The summed E-state index contributed by atoms with van der Waals surface area (Å²) in [5, 5.41) is 5.49. The van der Waals surface area contributed by atoms with Crippen LogP contribution in [0.4, 0.5) is 0 Å². The number of carbonyl (C=O) groups excluding carboxylic acids is 1. The van der Waals surface area contributed by atoms with Crippen LogP contribution < -0.4 is 10.1 Å². The van der Waals surface area contributed by atoms with Gasteiger partial charge in [-0.25, -0.2) is 4.98 Å². The molecule has 0 bridgehead atoms. The van der Waals surface area contributed by atoms with Gasteiger partial charge in [0.15, 0.2) is 0 Å². The summed E-state index contributed by atoms with van der Waals surface area (Å²) in [5.74, 6) is 1.11. The molecule has 1 aromatic heterocycles. The van der Waals surface area contributed by atoms with E-state index in [0.29, 0.717) is 24.8 Å². The smallest absolute Gasteiger partial charge is 0.270 e. The van der Waals surface area contributed by atoms with Gasteiger partial charge in [-0.3, -0.25) is 4.79 Å². The number of thiazole rings is 1. The van der Waals surface area contributed by atoms with Crippen molar-refractivity contribution in [3.63, 3.8) is 0 Å². The van der Waals surface area contributed by atoms with Gasteiger partial charge in [0.1, 0.15) is 16.5 Å². The van der Waals surface area contributed by atoms with E-state index >= 15 is 0 Å². The van der Waals surface area contributed by atoms with E-state index in [2.05, 4.69) is 31.1 Å². The minimum atomic E-state index is -0.122. The second kappa shape index (κ2) is 7.94. The second-order valence-electron chi connectivity index (χ2n) is 5.49. The van der Waals surface area contributed by atoms with E-state index in [9.17, 15) is 4.79 Å². The number of hydrogen-bond donors (Lipinski definition) is 1. The van der Waals surface area contributed by atoms with Crippen molar-refractivity contribution in [3.05, 3.63) is 35.3 Å². The van der Waals surface area contributed by atoms with Crippen LogP contribution in [0, 0.1) is 5.92 Å². The Labute approximate surface area is 135 Å². The lowest BCUT2D eigenvalue weighted by molar-refractivity contribution is 0.0945. The molecule has 0 saturated heterocycles. The van der Waals surface area contributed by atoms with Crippen molar-refractivity contribution in [2.24, 2.45) is 5.92 Å². The first-order valence-electron chi connectivity index (χ1n) is 7.57. The Balaban J connectivity index is 2.16. The zero-order valence-corrected chi connectivity index (χ0v) is 14.1. The molecule has 5 heteroatoms. The zero-order valence-electron chi connectivity index (χ0n) is 13.3. The Morgan fingerprint density at radius 2 is 2.14 bits per heavy atom. The van der Waals surface area contributed by atoms with E-state index in [1.165, 1.54) is 11.3 Å². The summed E-state index contributed by atoms with van der Waals surface area (Å²) >= 11 is 1.46. The second-order valence-corrected chi connectivity index (χ2v) is 6.34. The Morgan fingerprint density at radius 3 is 2.86 bits per heavy atom. The van der Waals surface area contributed by atoms with Gasteiger partial charge in [-0.2, -0.15) is 0 Å². The van der Waals surface area contributed by atoms with Crippen LogP contribution in [0.2, 0.25) is 0 Å². The van der Waals surface area contributed by atoms with Gasteiger partial charge >= 0.3 is 0 Å². The van der Waals surface area contributed by atoms with Crippen LogP contribution >= 0.6 is 11.3 Å². The van der Waals surface area contributed by atoms with E-state index in [-0.39, 0.29) is 5.91 Å². The van der Waals surface area contributed by atoms with E-state index in [1.54, 1.807) is 5.38 Å². The van der Waals surface area contributed by atoms with Gasteiger partial charge in [-0.1, -0.05) is 32.9 Å². The molecule has 0 saturated carbocycles. The third-order valence-corrected chi connectivity index (χ3v) is 3.86. The van der Waals surface area contributed by atoms with Crippen LogP contribution in [0.5, 0.6) is 5.75 Å². The topological polar surface area (TPSA) is 51.2 Å². The molecule has 1 heterocycles. The number of benzene rings is 1. The molecule has 0 fully saturated rings. The van der Waals surface area contributed by atoms with Crippen LogP contribution in [0.3, 0.4) is 0 Å². The lowest BCUT2D eigenvalue weighted by Crippen LogP contribution is -2.27. The van der Waals surface area contributed by atoms with Crippen LogP contribution in [0.25, 0.3) is 10.6 Å². The summed E-state index contributed by atoms with van der Waals surface area (Å²) < 4.78 is 5.76. The van der Waals surface area contributed by atoms with Gasteiger partial charge in [-0.15, -0.1) is 11.3 Å². The highest BCUT2D eigenvalue weighted by Gasteiger charge is 2.14. The monoisotopic (exact) mass is 318 g/mol. The SMILES string of the molecule is CCCOc1ccccc1-c1nc(C(=O)NCC(C)C)cs1. The minimum Gasteiger partial charge on any atom is -0.493 e. The van der Waals surface area contributed by atoms with Crippen LogP contribution in [0.15, 0.2) is 29.6 Å². The summed E-state index contributed by atoms with van der Waals surface area (Å²) in [5.41, 5.74) is 1.40. The first-order valence-corrected chi connectivity index (χ1v) is 8.45. The number of aromatic nitrogens is 1. The fraction of sp³-hybridized carbons (Fsp3) is 0.412. The molecule has 1 aromatic carbocycles. The average molecular weight is 318 g/mol. The Bertz CT molecular complexity index is 623. The number of amides is 1. The highest BCUT2D eigenvalue weighted by molar-refractivity contribution is 7.13. The number of para-hydroxylation sites is 1. The van der Waals surface area contributed by atoms with Gasteiger partial charge in [0.05, 0.1) is 12.2 Å². The van der Waals surface area contributed by atoms with Gasteiger partial charge in [0.25, 0.3) is 5.91 Å². The maximum Gasteiger partial charge on any atom is 0.270 e. The number of nitrogens with one attached hydrogen (secondary N) is 1. The Hall–Kier alpha value is -1.88. The van der Waals surface area contributed by atoms with Crippen molar-refractivity contribution in [2.75, 3.05) is 13.2 Å². The van der Waals surface area contributed by atoms with Crippen LogP contribution in [0.1, 0.15) is 37.7 Å². The predicted octanol–water partition coefficient (Wildman–Crippen LogP) is 3.98. The average Bonchev–Trinajstić information content (AvgIpc) is 3.00. The molecular weight excluding hydrogens is 296 g/mol. The van der Waals surface area contributed by atoms with Crippen molar-refractivity contribution in [2.45, 2.75) is 27.2 Å². The van der Waals surface area contributed by atoms with Crippen LogP contribution in [-0.2, 0) is 0 Å². The maximum atomic E-state index is 12.1. The van der Waals surface area contributed by atoms with Crippen molar-refractivity contribution >= 4 is 17.2 Å². The number of rotatable bonds is 7. The van der Waals surface area contributed by atoms with E-state index in [0.717, 1.165) is 22.7 Å². The molecule has 0 radical (unpaired) electrons.